The lowest BCUT2D eigenvalue weighted by atomic mass is 9.85. The van der Waals surface area contributed by atoms with Gasteiger partial charge < -0.3 is 15.2 Å². The molecule has 2 atom stereocenters. The van der Waals surface area contributed by atoms with Gasteiger partial charge in [-0.2, -0.15) is 0 Å². The van der Waals surface area contributed by atoms with E-state index in [1.54, 1.807) is 0 Å². The maximum Gasteiger partial charge on any atom is 0.159 e. The number of rotatable bonds is 7. The highest BCUT2D eigenvalue weighted by Gasteiger charge is 2.28. The Hall–Kier alpha value is -8.28. The first-order valence-corrected chi connectivity index (χ1v) is 21.5. The van der Waals surface area contributed by atoms with Crippen molar-refractivity contribution in [3.63, 3.8) is 0 Å². The molecule has 0 spiro atoms. The molecule has 0 radical (unpaired) electrons. The predicted octanol–water partition coefficient (Wildman–Crippen LogP) is 13.8. The molecule has 298 valence electrons. The van der Waals surface area contributed by atoms with Gasteiger partial charge in [-0.15, -0.1) is 0 Å². The minimum Gasteiger partial charge on any atom is -0.374 e. The van der Waals surface area contributed by atoms with Gasteiger partial charge in [0.05, 0.1) is 17.1 Å². The molecule has 1 aromatic heterocycles. The van der Waals surface area contributed by atoms with E-state index in [-0.39, 0.29) is 12.2 Å². The van der Waals surface area contributed by atoms with Crippen LogP contribution in [0, 0.1) is 0 Å². The molecule has 5 heteroatoms. The van der Waals surface area contributed by atoms with E-state index in [9.17, 15) is 0 Å². The Morgan fingerprint density at radius 2 is 0.984 bits per heavy atom. The molecule has 9 aromatic carbocycles. The van der Waals surface area contributed by atoms with E-state index in [1.165, 1.54) is 44.1 Å². The first kappa shape index (κ1) is 36.6. The van der Waals surface area contributed by atoms with E-state index in [1.807, 2.05) is 12.1 Å². The molecule has 0 amide bonds. The van der Waals surface area contributed by atoms with Gasteiger partial charge in [0.15, 0.2) is 5.84 Å². The highest BCUT2D eigenvalue weighted by molar-refractivity contribution is 6.14. The van der Waals surface area contributed by atoms with Crippen molar-refractivity contribution >= 4 is 39.2 Å². The molecule has 2 aliphatic heterocycles. The third kappa shape index (κ3) is 6.59. The van der Waals surface area contributed by atoms with Crippen LogP contribution in [-0.4, -0.2) is 16.2 Å². The second-order valence-corrected chi connectivity index (χ2v) is 16.3. The van der Waals surface area contributed by atoms with Crippen LogP contribution in [-0.2, 0) is 0 Å². The average molecular weight is 808 g/mol. The van der Waals surface area contributed by atoms with Crippen LogP contribution in [0.2, 0.25) is 0 Å². The minimum absolute atomic E-state index is 0.0184. The number of hydrogen-bond acceptors (Lipinski definition) is 4. The van der Waals surface area contributed by atoms with Gasteiger partial charge in [0, 0.05) is 38.8 Å². The van der Waals surface area contributed by atoms with Crippen LogP contribution >= 0.6 is 0 Å². The molecular weight excluding hydrogens is 767 g/mol. The second kappa shape index (κ2) is 15.3. The van der Waals surface area contributed by atoms with Crippen LogP contribution in [0.15, 0.2) is 234 Å². The molecule has 0 saturated carbocycles. The van der Waals surface area contributed by atoms with Gasteiger partial charge >= 0.3 is 0 Å². The maximum atomic E-state index is 5.17. The number of hydrogen-bond donors (Lipinski definition) is 2. The van der Waals surface area contributed by atoms with Gasteiger partial charge in [-0.05, 0) is 93.0 Å². The molecule has 0 aliphatic carbocycles. The van der Waals surface area contributed by atoms with Crippen LogP contribution in [0.4, 0.5) is 5.69 Å². The third-order valence-electron chi connectivity index (χ3n) is 12.5. The number of amidine groups is 2. The normalized spacial score (nSPS) is 15.4. The van der Waals surface area contributed by atoms with Crippen LogP contribution in [0.3, 0.4) is 0 Å². The molecule has 63 heavy (non-hydrogen) atoms. The molecule has 0 fully saturated rings. The Labute approximate surface area is 366 Å². The fourth-order valence-electron chi connectivity index (χ4n) is 9.39. The summed E-state index contributed by atoms with van der Waals surface area (Å²) in [4.78, 5) is 10.3. The summed E-state index contributed by atoms with van der Waals surface area (Å²) in [6.45, 7) is 0. The lowest BCUT2D eigenvalue weighted by Crippen LogP contribution is -2.33. The minimum atomic E-state index is -0.283. The number of nitrogens with zero attached hydrogens (tertiary/aromatic N) is 3. The Morgan fingerprint density at radius 1 is 0.397 bits per heavy atom. The smallest absolute Gasteiger partial charge is 0.159 e. The number of para-hydroxylation sites is 2. The molecule has 2 aliphatic rings. The van der Waals surface area contributed by atoms with Crippen molar-refractivity contribution in [2.75, 3.05) is 5.32 Å². The average Bonchev–Trinajstić information content (AvgIpc) is 3.69. The van der Waals surface area contributed by atoms with Crippen molar-refractivity contribution in [3.05, 3.63) is 252 Å². The summed E-state index contributed by atoms with van der Waals surface area (Å²) in [6.07, 6.45) is -0.283. The Kier molecular flexibility index (Phi) is 8.89. The summed E-state index contributed by atoms with van der Waals surface area (Å²) in [5.74, 6) is 1.50. The molecule has 2 N–H and O–H groups in total. The number of aliphatic imine (C=N–C) groups is 2. The maximum absolute atomic E-state index is 5.17. The fourth-order valence-corrected chi connectivity index (χ4v) is 9.39. The van der Waals surface area contributed by atoms with Gasteiger partial charge in [0.25, 0.3) is 0 Å². The number of fused-ring (bicyclic) bond motifs is 6. The van der Waals surface area contributed by atoms with Crippen LogP contribution in [0.1, 0.15) is 40.0 Å². The van der Waals surface area contributed by atoms with E-state index in [0.29, 0.717) is 5.84 Å². The Balaban J connectivity index is 0.957. The number of benzene rings is 9. The van der Waals surface area contributed by atoms with Gasteiger partial charge in [0.2, 0.25) is 0 Å². The molecule has 0 bridgehead atoms. The number of anilines is 1. The van der Waals surface area contributed by atoms with Crippen molar-refractivity contribution in [1.29, 1.82) is 0 Å². The summed E-state index contributed by atoms with van der Waals surface area (Å²) < 4.78 is 2.42. The zero-order valence-corrected chi connectivity index (χ0v) is 34.4. The summed E-state index contributed by atoms with van der Waals surface area (Å²) >= 11 is 0. The van der Waals surface area contributed by atoms with Crippen LogP contribution in [0.25, 0.3) is 60.9 Å². The van der Waals surface area contributed by atoms with Gasteiger partial charge in [0.1, 0.15) is 12.0 Å². The zero-order chi connectivity index (χ0) is 41.7. The molecule has 10 aromatic rings. The van der Waals surface area contributed by atoms with E-state index < -0.39 is 0 Å². The summed E-state index contributed by atoms with van der Waals surface area (Å²) in [6, 6.07) is 80.1. The standard InChI is InChI=1S/C58H41N5/c1-5-16-38(17-6-1)43-22-15-23-45(34-43)58-61-56(41-20-9-3-10-21-41)60-57(62-58)42-30-28-39(29-31-42)44-32-33-53-49(35-44)50-36-48-47-26-13-14-27-52(47)59-55(40-18-7-2-8-19-40)51(48)37-54(50)63(53)46-24-11-4-12-25-46/h1-37,55-56,59H,(H,60,61,62). The fraction of sp³-hybridized carbons (Fsp3) is 0.0345. The van der Waals surface area contributed by atoms with E-state index in [0.717, 1.165) is 56.2 Å². The Bertz CT molecular complexity index is 3370. The summed E-state index contributed by atoms with van der Waals surface area (Å²) in [5, 5.41) is 9.98. The molecule has 3 heterocycles. The van der Waals surface area contributed by atoms with Crippen molar-refractivity contribution in [3.8, 4) is 39.1 Å². The van der Waals surface area contributed by atoms with Crippen LogP contribution in [0.5, 0.6) is 0 Å². The molecule has 0 saturated heterocycles. The molecule has 5 nitrogen and oxygen atoms in total. The monoisotopic (exact) mass is 807 g/mol. The van der Waals surface area contributed by atoms with Crippen molar-refractivity contribution in [1.82, 2.24) is 9.88 Å². The van der Waals surface area contributed by atoms with Crippen molar-refractivity contribution in [2.45, 2.75) is 12.2 Å². The van der Waals surface area contributed by atoms with Gasteiger partial charge in [-0.25, -0.2) is 9.98 Å². The van der Waals surface area contributed by atoms with Gasteiger partial charge in [-0.3, -0.25) is 0 Å². The molecular formula is C58H41N5. The lowest BCUT2D eigenvalue weighted by molar-refractivity contribution is 0.674. The highest BCUT2D eigenvalue weighted by Crippen LogP contribution is 2.47. The summed E-state index contributed by atoms with van der Waals surface area (Å²) in [7, 11) is 0. The van der Waals surface area contributed by atoms with E-state index in [2.05, 4.69) is 228 Å². The topological polar surface area (TPSA) is 53.7 Å². The highest BCUT2D eigenvalue weighted by atomic mass is 15.2. The number of nitrogens with one attached hydrogen (secondary N) is 2. The predicted molar refractivity (Wildman–Crippen MR) is 261 cm³/mol. The van der Waals surface area contributed by atoms with Crippen molar-refractivity contribution < 1.29 is 0 Å². The summed E-state index contributed by atoms with van der Waals surface area (Å²) in [5.41, 5.74) is 17.3. The van der Waals surface area contributed by atoms with Crippen LogP contribution < -0.4 is 10.6 Å². The second-order valence-electron chi connectivity index (χ2n) is 16.3. The first-order chi connectivity index (χ1) is 31.2. The van der Waals surface area contributed by atoms with E-state index in [4.69, 9.17) is 9.98 Å². The third-order valence-corrected chi connectivity index (χ3v) is 12.5. The van der Waals surface area contributed by atoms with E-state index >= 15 is 0 Å². The molecule has 12 rings (SSSR count). The number of aromatic nitrogens is 1. The largest absolute Gasteiger partial charge is 0.374 e. The molecule has 2 unspecified atom stereocenters. The zero-order valence-electron chi connectivity index (χ0n) is 34.4. The lowest BCUT2D eigenvalue weighted by Gasteiger charge is -2.30. The Morgan fingerprint density at radius 3 is 1.76 bits per heavy atom. The SMILES string of the molecule is c1ccc(-c2cccc(C3=NC(c4ccccc4)NC(c4ccc(-c5ccc6c(c5)c5cc7c(cc5n6-c5ccccc5)C(c5ccccc5)Nc5ccccc5-7)cc4)=N3)c2)cc1. The first-order valence-electron chi connectivity index (χ1n) is 21.5. The van der Waals surface area contributed by atoms with Crippen molar-refractivity contribution in [2.24, 2.45) is 9.98 Å². The van der Waals surface area contributed by atoms with Gasteiger partial charge in [-0.1, -0.05) is 176 Å². The quantitative estimate of drug-likeness (QED) is 0.169.